The van der Waals surface area contributed by atoms with Gasteiger partial charge in [-0.15, -0.1) is 0 Å². The number of rotatable bonds is 2. The van der Waals surface area contributed by atoms with Gasteiger partial charge in [0.25, 0.3) is 0 Å². The molecule has 0 nitrogen and oxygen atoms in total. The Balaban J connectivity index is 3.90. The molecular formula is C7H13F. The van der Waals surface area contributed by atoms with E-state index < -0.39 is 5.67 Å². The first-order chi connectivity index (χ1) is 3.50. The summed E-state index contributed by atoms with van der Waals surface area (Å²) in [5.74, 6) is 0.0278. The molecule has 0 aromatic carbocycles. The van der Waals surface area contributed by atoms with E-state index in [9.17, 15) is 4.39 Å². The van der Waals surface area contributed by atoms with Crippen molar-refractivity contribution in [2.24, 2.45) is 5.92 Å². The van der Waals surface area contributed by atoms with E-state index in [0.717, 1.165) is 0 Å². The molecule has 0 aliphatic carbocycles. The number of halogens is 1. The maximum atomic E-state index is 12.8. The van der Waals surface area contributed by atoms with E-state index in [4.69, 9.17) is 0 Å². The molecule has 0 spiro atoms. The molecule has 0 saturated heterocycles. The standard InChI is InChI=1S/C7H13F/c1-5-7(4,8)6(2)3/h5-6H,1H2,2-4H3. The van der Waals surface area contributed by atoms with Crippen LogP contribution in [0.25, 0.3) is 0 Å². The molecule has 8 heavy (non-hydrogen) atoms. The summed E-state index contributed by atoms with van der Waals surface area (Å²) in [6, 6.07) is 0. The molecule has 0 aliphatic heterocycles. The number of hydrogen-bond donors (Lipinski definition) is 0. The molecule has 48 valence electrons. The van der Waals surface area contributed by atoms with E-state index in [1.807, 2.05) is 13.8 Å². The summed E-state index contributed by atoms with van der Waals surface area (Å²) in [6.07, 6.45) is 1.34. The largest absolute Gasteiger partial charge is 0.239 e. The lowest BCUT2D eigenvalue weighted by molar-refractivity contribution is 0.184. The molecule has 0 saturated carbocycles. The molecule has 0 rings (SSSR count). The van der Waals surface area contributed by atoms with Gasteiger partial charge in [-0.2, -0.15) is 0 Å². The van der Waals surface area contributed by atoms with Gasteiger partial charge in [-0.1, -0.05) is 26.5 Å². The van der Waals surface area contributed by atoms with Crippen molar-refractivity contribution < 1.29 is 4.39 Å². The summed E-state index contributed by atoms with van der Waals surface area (Å²) < 4.78 is 12.8. The SMILES string of the molecule is C=CC(C)(F)C(C)C. The van der Waals surface area contributed by atoms with Gasteiger partial charge in [0.05, 0.1) is 0 Å². The number of hydrogen-bond acceptors (Lipinski definition) is 0. The lowest BCUT2D eigenvalue weighted by Crippen LogP contribution is -2.21. The molecule has 0 aliphatic rings. The van der Waals surface area contributed by atoms with E-state index >= 15 is 0 Å². The molecule has 1 heteroatoms. The van der Waals surface area contributed by atoms with Gasteiger partial charge in [0, 0.05) is 0 Å². The highest BCUT2D eigenvalue weighted by Gasteiger charge is 2.22. The Hall–Kier alpha value is -0.330. The molecule has 0 fully saturated rings. The van der Waals surface area contributed by atoms with Crippen LogP contribution in [0.1, 0.15) is 20.8 Å². The molecule has 0 heterocycles. The lowest BCUT2D eigenvalue weighted by Gasteiger charge is -2.18. The Morgan fingerprint density at radius 3 is 2.00 bits per heavy atom. The third kappa shape index (κ3) is 1.65. The highest BCUT2D eigenvalue weighted by molar-refractivity contribution is 4.94. The Labute approximate surface area is 50.4 Å². The zero-order chi connectivity index (χ0) is 6.78. The Kier molecular flexibility index (Phi) is 2.20. The summed E-state index contributed by atoms with van der Waals surface area (Å²) >= 11 is 0. The normalized spacial score (nSPS) is 18.1. The first kappa shape index (κ1) is 7.67. The molecular weight excluding hydrogens is 103 g/mol. The van der Waals surface area contributed by atoms with Crippen LogP contribution in [-0.2, 0) is 0 Å². The number of alkyl halides is 1. The van der Waals surface area contributed by atoms with Gasteiger partial charge in [-0.05, 0) is 12.8 Å². The van der Waals surface area contributed by atoms with E-state index in [1.165, 1.54) is 13.0 Å². The zero-order valence-electron chi connectivity index (χ0n) is 5.74. The molecule has 0 bridgehead atoms. The van der Waals surface area contributed by atoms with Gasteiger partial charge in [0.15, 0.2) is 0 Å². The summed E-state index contributed by atoms with van der Waals surface area (Å²) in [5.41, 5.74) is -1.19. The van der Waals surface area contributed by atoms with Crippen molar-refractivity contribution in [3.8, 4) is 0 Å². The van der Waals surface area contributed by atoms with Crippen molar-refractivity contribution in [1.29, 1.82) is 0 Å². The average molecular weight is 116 g/mol. The van der Waals surface area contributed by atoms with Gasteiger partial charge in [-0.3, -0.25) is 0 Å². The van der Waals surface area contributed by atoms with Crippen LogP contribution >= 0.6 is 0 Å². The third-order valence-corrected chi connectivity index (χ3v) is 1.53. The van der Waals surface area contributed by atoms with Crippen molar-refractivity contribution in [2.75, 3.05) is 0 Å². The van der Waals surface area contributed by atoms with Crippen molar-refractivity contribution in [3.05, 3.63) is 12.7 Å². The Bertz CT molecular complexity index is 82.4. The highest BCUT2D eigenvalue weighted by atomic mass is 19.1. The predicted molar refractivity (Wildman–Crippen MR) is 34.5 cm³/mol. The maximum absolute atomic E-state index is 12.8. The van der Waals surface area contributed by atoms with Crippen LogP contribution in [0.3, 0.4) is 0 Å². The second kappa shape index (κ2) is 2.29. The van der Waals surface area contributed by atoms with E-state index in [1.54, 1.807) is 0 Å². The molecule has 0 amide bonds. The summed E-state index contributed by atoms with van der Waals surface area (Å²) in [5, 5.41) is 0. The predicted octanol–water partition coefficient (Wildman–Crippen LogP) is 2.56. The van der Waals surface area contributed by atoms with Crippen LogP contribution in [0.5, 0.6) is 0 Å². The lowest BCUT2D eigenvalue weighted by atomic mass is 9.95. The van der Waals surface area contributed by atoms with E-state index in [-0.39, 0.29) is 5.92 Å². The van der Waals surface area contributed by atoms with Gasteiger partial charge in [0.1, 0.15) is 5.67 Å². The van der Waals surface area contributed by atoms with Crippen LogP contribution in [0.4, 0.5) is 4.39 Å². The van der Waals surface area contributed by atoms with Gasteiger partial charge in [0.2, 0.25) is 0 Å². The molecule has 1 atom stereocenters. The summed E-state index contributed by atoms with van der Waals surface area (Å²) in [6.45, 7) is 8.58. The first-order valence-electron chi connectivity index (χ1n) is 2.83. The Morgan fingerprint density at radius 1 is 1.62 bits per heavy atom. The highest BCUT2D eigenvalue weighted by Crippen LogP contribution is 2.21. The molecule has 0 radical (unpaired) electrons. The van der Waals surface area contributed by atoms with Gasteiger partial charge < -0.3 is 0 Å². The van der Waals surface area contributed by atoms with Crippen LogP contribution in [0.2, 0.25) is 0 Å². The van der Waals surface area contributed by atoms with Crippen molar-refractivity contribution in [3.63, 3.8) is 0 Å². The maximum Gasteiger partial charge on any atom is 0.128 e. The summed E-state index contributed by atoms with van der Waals surface area (Å²) in [7, 11) is 0. The fraction of sp³-hybridized carbons (Fsp3) is 0.714. The second-order valence-corrected chi connectivity index (χ2v) is 2.51. The van der Waals surface area contributed by atoms with Crippen LogP contribution < -0.4 is 0 Å². The fourth-order valence-corrected chi connectivity index (χ4v) is 0.236. The fourth-order valence-electron chi connectivity index (χ4n) is 0.236. The molecule has 0 aromatic rings. The number of allylic oxidation sites excluding steroid dienone is 1. The average Bonchev–Trinajstić information content (AvgIpc) is 1.67. The minimum atomic E-state index is -1.19. The van der Waals surface area contributed by atoms with Crippen LogP contribution in [-0.4, -0.2) is 5.67 Å². The zero-order valence-corrected chi connectivity index (χ0v) is 5.74. The van der Waals surface area contributed by atoms with Crippen molar-refractivity contribution >= 4 is 0 Å². The second-order valence-electron chi connectivity index (χ2n) is 2.51. The monoisotopic (exact) mass is 116 g/mol. The topological polar surface area (TPSA) is 0 Å². The van der Waals surface area contributed by atoms with Crippen LogP contribution in [0.15, 0.2) is 12.7 Å². The van der Waals surface area contributed by atoms with E-state index in [2.05, 4.69) is 6.58 Å². The quantitative estimate of drug-likeness (QED) is 0.486. The molecule has 1 unspecified atom stereocenters. The van der Waals surface area contributed by atoms with Crippen LogP contribution in [0, 0.1) is 5.92 Å². The van der Waals surface area contributed by atoms with Gasteiger partial charge in [-0.25, -0.2) is 4.39 Å². The third-order valence-electron chi connectivity index (χ3n) is 1.53. The first-order valence-corrected chi connectivity index (χ1v) is 2.83. The van der Waals surface area contributed by atoms with Gasteiger partial charge >= 0.3 is 0 Å². The summed E-state index contributed by atoms with van der Waals surface area (Å²) in [4.78, 5) is 0. The van der Waals surface area contributed by atoms with Crippen molar-refractivity contribution in [1.82, 2.24) is 0 Å². The smallest absolute Gasteiger partial charge is 0.128 e. The molecule has 0 aromatic heterocycles. The van der Waals surface area contributed by atoms with Crippen molar-refractivity contribution in [2.45, 2.75) is 26.4 Å². The minimum Gasteiger partial charge on any atom is -0.239 e. The molecule has 0 N–H and O–H groups in total. The van der Waals surface area contributed by atoms with E-state index in [0.29, 0.717) is 0 Å². The minimum absolute atomic E-state index is 0.0278. The Morgan fingerprint density at radius 2 is 2.00 bits per heavy atom.